The van der Waals surface area contributed by atoms with E-state index in [1.807, 2.05) is 0 Å². The Kier molecular flexibility index (Phi) is 4.41. The van der Waals surface area contributed by atoms with Crippen LogP contribution in [-0.2, 0) is 6.42 Å². The molecule has 1 aromatic rings. The van der Waals surface area contributed by atoms with E-state index in [-0.39, 0.29) is 5.54 Å². The average molecular weight is 246 g/mol. The van der Waals surface area contributed by atoms with E-state index < -0.39 is 0 Å². The zero-order valence-electron chi connectivity index (χ0n) is 11.7. The number of nitrogens with zero attached hydrogens (tertiary/aromatic N) is 1. The molecular formula is C16H26N2. The van der Waals surface area contributed by atoms with Gasteiger partial charge in [-0.3, -0.25) is 4.90 Å². The molecule has 1 saturated carbocycles. The molecule has 1 unspecified atom stereocenters. The van der Waals surface area contributed by atoms with Crippen molar-refractivity contribution in [3.05, 3.63) is 35.9 Å². The van der Waals surface area contributed by atoms with Crippen LogP contribution in [0.2, 0.25) is 0 Å². The second kappa shape index (κ2) is 5.85. The number of hydrogen-bond donors (Lipinski definition) is 1. The highest BCUT2D eigenvalue weighted by molar-refractivity contribution is 5.18. The molecule has 2 heteroatoms. The summed E-state index contributed by atoms with van der Waals surface area (Å²) in [4.78, 5) is 2.56. The highest BCUT2D eigenvalue weighted by Crippen LogP contribution is 2.32. The molecule has 100 valence electrons. The maximum atomic E-state index is 6.14. The Morgan fingerprint density at radius 2 is 1.94 bits per heavy atom. The monoisotopic (exact) mass is 246 g/mol. The van der Waals surface area contributed by atoms with Gasteiger partial charge < -0.3 is 5.73 Å². The molecule has 0 aliphatic heterocycles. The van der Waals surface area contributed by atoms with Crippen molar-refractivity contribution in [2.24, 2.45) is 5.73 Å². The summed E-state index contributed by atoms with van der Waals surface area (Å²) < 4.78 is 0. The normalized spacial score (nSPS) is 19.6. The van der Waals surface area contributed by atoms with Gasteiger partial charge in [-0.2, -0.15) is 0 Å². The molecule has 1 fully saturated rings. The molecule has 0 heterocycles. The summed E-state index contributed by atoms with van der Waals surface area (Å²) in [5, 5.41) is 0. The smallest absolute Gasteiger partial charge is 0.0369 e. The van der Waals surface area contributed by atoms with E-state index in [4.69, 9.17) is 5.73 Å². The Labute approximate surface area is 111 Å². The average Bonchev–Trinajstić information content (AvgIpc) is 2.35. The minimum atomic E-state index is 0.131. The van der Waals surface area contributed by atoms with Crippen LogP contribution in [0.1, 0.15) is 38.2 Å². The summed E-state index contributed by atoms with van der Waals surface area (Å²) in [5.74, 6) is 0. The Morgan fingerprint density at radius 3 is 2.39 bits per heavy atom. The Balaban J connectivity index is 2.14. The first-order valence-electron chi connectivity index (χ1n) is 7.19. The highest BCUT2D eigenvalue weighted by Gasteiger charge is 2.37. The van der Waals surface area contributed by atoms with Gasteiger partial charge in [0.25, 0.3) is 0 Å². The minimum Gasteiger partial charge on any atom is -0.329 e. The molecule has 0 amide bonds. The number of likely N-dealkylation sites (N-methyl/N-ethyl adjacent to an activating group) is 1. The third-order valence-electron chi connectivity index (χ3n) is 4.78. The maximum Gasteiger partial charge on any atom is 0.0369 e. The van der Waals surface area contributed by atoms with Gasteiger partial charge in [-0.05, 0) is 38.3 Å². The van der Waals surface area contributed by atoms with E-state index in [0.29, 0.717) is 0 Å². The Bertz CT molecular complexity index is 353. The molecule has 0 radical (unpaired) electrons. The summed E-state index contributed by atoms with van der Waals surface area (Å²) in [7, 11) is 2.27. The van der Waals surface area contributed by atoms with Crippen LogP contribution in [0.4, 0.5) is 0 Å². The molecule has 0 bridgehead atoms. The van der Waals surface area contributed by atoms with Gasteiger partial charge in [-0.25, -0.2) is 0 Å². The van der Waals surface area contributed by atoms with Crippen LogP contribution in [0.3, 0.4) is 0 Å². The van der Waals surface area contributed by atoms with E-state index >= 15 is 0 Å². The summed E-state index contributed by atoms with van der Waals surface area (Å²) in [5.41, 5.74) is 7.67. The van der Waals surface area contributed by atoms with Crippen molar-refractivity contribution >= 4 is 0 Å². The predicted molar refractivity (Wildman–Crippen MR) is 77.6 cm³/mol. The van der Waals surface area contributed by atoms with E-state index in [2.05, 4.69) is 49.2 Å². The predicted octanol–water partition coefficient (Wildman–Crippen LogP) is 2.82. The lowest BCUT2D eigenvalue weighted by molar-refractivity contribution is 0.0349. The van der Waals surface area contributed by atoms with Gasteiger partial charge in [0.15, 0.2) is 0 Å². The molecule has 0 spiro atoms. The standard InChI is InChI=1S/C16H26N2/c1-3-16(13-17,18(2)15-10-7-11-15)12-14-8-5-4-6-9-14/h4-6,8-9,15H,3,7,10-13,17H2,1-2H3. The van der Waals surface area contributed by atoms with Gasteiger partial charge in [0.05, 0.1) is 0 Å². The van der Waals surface area contributed by atoms with Crippen molar-refractivity contribution < 1.29 is 0 Å². The molecule has 1 aliphatic carbocycles. The second-order valence-electron chi connectivity index (χ2n) is 5.64. The first kappa shape index (κ1) is 13.6. The van der Waals surface area contributed by atoms with Crippen molar-refractivity contribution in [3.8, 4) is 0 Å². The lowest BCUT2D eigenvalue weighted by Crippen LogP contribution is -2.58. The molecule has 0 saturated heterocycles. The molecule has 1 aromatic carbocycles. The van der Waals surface area contributed by atoms with Gasteiger partial charge in [0.2, 0.25) is 0 Å². The molecule has 0 aromatic heterocycles. The summed E-state index contributed by atoms with van der Waals surface area (Å²) in [6.07, 6.45) is 6.24. The fourth-order valence-corrected chi connectivity index (χ4v) is 3.00. The van der Waals surface area contributed by atoms with Crippen LogP contribution in [0.25, 0.3) is 0 Å². The zero-order chi connectivity index (χ0) is 13.0. The van der Waals surface area contributed by atoms with Crippen molar-refractivity contribution in [2.45, 2.75) is 50.6 Å². The van der Waals surface area contributed by atoms with Crippen LogP contribution in [-0.4, -0.2) is 30.1 Å². The van der Waals surface area contributed by atoms with Gasteiger partial charge in [0, 0.05) is 18.1 Å². The van der Waals surface area contributed by atoms with E-state index in [9.17, 15) is 0 Å². The number of hydrogen-bond acceptors (Lipinski definition) is 2. The molecule has 2 N–H and O–H groups in total. The Hall–Kier alpha value is -0.860. The van der Waals surface area contributed by atoms with Crippen LogP contribution >= 0.6 is 0 Å². The van der Waals surface area contributed by atoms with E-state index in [0.717, 1.165) is 25.4 Å². The second-order valence-corrected chi connectivity index (χ2v) is 5.64. The SMILES string of the molecule is CCC(CN)(Cc1ccccc1)N(C)C1CCC1. The molecule has 1 aliphatic rings. The van der Waals surface area contributed by atoms with E-state index in [1.165, 1.54) is 24.8 Å². The van der Waals surface area contributed by atoms with Gasteiger partial charge in [-0.15, -0.1) is 0 Å². The highest BCUT2D eigenvalue weighted by atomic mass is 15.2. The lowest BCUT2D eigenvalue weighted by Gasteiger charge is -2.48. The molecule has 1 atom stereocenters. The van der Waals surface area contributed by atoms with Crippen LogP contribution < -0.4 is 5.73 Å². The van der Waals surface area contributed by atoms with Crippen molar-refractivity contribution in [1.82, 2.24) is 4.90 Å². The maximum absolute atomic E-state index is 6.14. The van der Waals surface area contributed by atoms with Gasteiger partial charge >= 0.3 is 0 Å². The van der Waals surface area contributed by atoms with Crippen LogP contribution in [0.15, 0.2) is 30.3 Å². The minimum absolute atomic E-state index is 0.131. The summed E-state index contributed by atoms with van der Waals surface area (Å²) in [6.45, 7) is 3.01. The Morgan fingerprint density at radius 1 is 1.28 bits per heavy atom. The topological polar surface area (TPSA) is 29.3 Å². The van der Waals surface area contributed by atoms with Crippen LogP contribution in [0, 0.1) is 0 Å². The first-order valence-corrected chi connectivity index (χ1v) is 7.19. The van der Waals surface area contributed by atoms with Crippen molar-refractivity contribution in [3.63, 3.8) is 0 Å². The molecule has 2 rings (SSSR count). The third kappa shape index (κ3) is 2.60. The zero-order valence-corrected chi connectivity index (χ0v) is 11.7. The third-order valence-corrected chi connectivity index (χ3v) is 4.78. The van der Waals surface area contributed by atoms with E-state index in [1.54, 1.807) is 0 Å². The molecular weight excluding hydrogens is 220 g/mol. The fourth-order valence-electron chi connectivity index (χ4n) is 3.00. The number of rotatable bonds is 6. The quantitative estimate of drug-likeness (QED) is 0.836. The number of nitrogens with two attached hydrogens (primary N) is 1. The van der Waals surface area contributed by atoms with Crippen molar-refractivity contribution in [1.29, 1.82) is 0 Å². The van der Waals surface area contributed by atoms with Crippen LogP contribution in [0.5, 0.6) is 0 Å². The largest absolute Gasteiger partial charge is 0.329 e. The molecule has 18 heavy (non-hydrogen) atoms. The lowest BCUT2D eigenvalue weighted by atomic mass is 9.81. The summed E-state index contributed by atoms with van der Waals surface area (Å²) >= 11 is 0. The van der Waals surface area contributed by atoms with Gasteiger partial charge in [0.1, 0.15) is 0 Å². The molecule has 2 nitrogen and oxygen atoms in total. The first-order chi connectivity index (χ1) is 8.72. The van der Waals surface area contributed by atoms with Crippen molar-refractivity contribution in [2.75, 3.05) is 13.6 Å². The fraction of sp³-hybridized carbons (Fsp3) is 0.625. The number of benzene rings is 1. The van der Waals surface area contributed by atoms with Gasteiger partial charge in [-0.1, -0.05) is 43.7 Å². The summed E-state index contributed by atoms with van der Waals surface area (Å²) in [6, 6.07) is 11.5.